The molecule has 2 nitrogen and oxygen atoms in total. The highest BCUT2D eigenvalue weighted by molar-refractivity contribution is 9.10. The van der Waals surface area contributed by atoms with Crippen LogP contribution < -0.4 is 5.73 Å². The molecule has 0 saturated carbocycles. The molecular weight excluding hydrogens is 242 g/mol. The molecule has 1 atom stereocenters. The summed E-state index contributed by atoms with van der Waals surface area (Å²) in [4.78, 5) is 0. The number of benzene rings is 1. The summed E-state index contributed by atoms with van der Waals surface area (Å²) in [5, 5.41) is 9.72. The second kappa shape index (κ2) is 4.62. The average Bonchev–Trinajstić information content (AvgIpc) is 2.08. The molecule has 0 aromatic heterocycles. The molecule has 0 bridgehead atoms. The number of aromatic hydroxyl groups is 1. The molecule has 76 valence electrons. The largest absolute Gasteiger partial charge is 0.506 e. The van der Waals surface area contributed by atoms with Crippen LogP contribution in [-0.2, 0) is 0 Å². The predicted octanol–water partition coefficient (Wildman–Crippen LogP) is 3.12. The molecule has 0 aliphatic rings. The van der Waals surface area contributed by atoms with E-state index in [9.17, 15) is 5.11 Å². The Bertz CT molecular complexity index is 349. The van der Waals surface area contributed by atoms with Gasteiger partial charge in [-0.25, -0.2) is 0 Å². The molecule has 0 amide bonds. The first-order valence-corrected chi connectivity index (χ1v) is 5.19. The van der Waals surface area contributed by atoms with Crippen LogP contribution >= 0.6 is 15.9 Å². The third-order valence-electron chi connectivity index (χ3n) is 1.99. The summed E-state index contributed by atoms with van der Waals surface area (Å²) < 4.78 is 0.673. The van der Waals surface area contributed by atoms with Gasteiger partial charge in [-0.3, -0.25) is 0 Å². The molecule has 0 spiro atoms. The Kier molecular flexibility index (Phi) is 3.72. The van der Waals surface area contributed by atoms with Crippen LogP contribution in [0.2, 0.25) is 0 Å². The van der Waals surface area contributed by atoms with E-state index < -0.39 is 0 Å². The molecular formula is C11H14BrNO. The molecule has 0 fully saturated rings. The summed E-state index contributed by atoms with van der Waals surface area (Å²) >= 11 is 3.25. The van der Waals surface area contributed by atoms with E-state index in [4.69, 9.17) is 5.73 Å². The van der Waals surface area contributed by atoms with Crippen molar-refractivity contribution < 1.29 is 5.11 Å². The van der Waals surface area contributed by atoms with Gasteiger partial charge < -0.3 is 10.8 Å². The zero-order valence-corrected chi connectivity index (χ0v) is 9.71. The van der Waals surface area contributed by atoms with Crippen molar-refractivity contribution in [2.45, 2.75) is 19.4 Å². The highest BCUT2D eigenvalue weighted by Gasteiger charge is 2.12. The first kappa shape index (κ1) is 11.3. The minimum atomic E-state index is -0.190. The van der Waals surface area contributed by atoms with Gasteiger partial charge in [-0.15, -0.1) is 6.58 Å². The fourth-order valence-corrected chi connectivity index (χ4v) is 1.70. The van der Waals surface area contributed by atoms with Crippen molar-refractivity contribution in [3.63, 3.8) is 0 Å². The van der Waals surface area contributed by atoms with Gasteiger partial charge in [0.05, 0.1) is 4.47 Å². The first-order chi connectivity index (χ1) is 6.52. The van der Waals surface area contributed by atoms with Gasteiger partial charge in [-0.1, -0.05) is 17.7 Å². The Morgan fingerprint density at radius 1 is 1.64 bits per heavy atom. The smallest absolute Gasteiger partial charge is 0.134 e. The molecule has 1 aromatic rings. The van der Waals surface area contributed by atoms with E-state index in [0.717, 1.165) is 11.1 Å². The summed E-state index contributed by atoms with van der Waals surface area (Å²) in [5.74, 6) is 0.223. The zero-order chi connectivity index (χ0) is 10.7. The quantitative estimate of drug-likeness (QED) is 0.816. The Labute approximate surface area is 92.6 Å². The van der Waals surface area contributed by atoms with Crippen LogP contribution in [0.25, 0.3) is 0 Å². The fraction of sp³-hybridized carbons (Fsp3) is 0.273. The number of halogens is 1. The van der Waals surface area contributed by atoms with Crippen LogP contribution in [0.5, 0.6) is 5.75 Å². The van der Waals surface area contributed by atoms with Crippen molar-refractivity contribution in [1.29, 1.82) is 0 Å². The molecule has 0 aliphatic heterocycles. The monoisotopic (exact) mass is 255 g/mol. The highest BCUT2D eigenvalue weighted by Crippen LogP contribution is 2.32. The number of phenols is 1. The minimum absolute atomic E-state index is 0.190. The normalized spacial score (nSPS) is 12.5. The van der Waals surface area contributed by atoms with Gasteiger partial charge in [0.15, 0.2) is 0 Å². The van der Waals surface area contributed by atoms with Crippen LogP contribution in [0.15, 0.2) is 34.8 Å². The van der Waals surface area contributed by atoms with Gasteiger partial charge in [0.1, 0.15) is 5.75 Å². The summed E-state index contributed by atoms with van der Waals surface area (Å²) in [7, 11) is 0. The molecule has 0 aliphatic carbocycles. The van der Waals surface area contributed by atoms with Crippen molar-refractivity contribution in [3.05, 3.63) is 40.4 Å². The summed E-state index contributed by atoms with van der Waals surface area (Å²) in [6, 6.07) is 5.28. The SMILES string of the molecule is C=C(C)C[C@H](N)c1cccc(Br)c1O. The van der Waals surface area contributed by atoms with Crippen LogP contribution in [0.3, 0.4) is 0 Å². The van der Waals surface area contributed by atoms with Gasteiger partial charge in [-0.2, -0.15) is 0 Å². The summed E-state index contributed by atoms with van der Waals surface area (Å²) in [5.41, 5.74) is 7.69. The molecule has 0 saturated heterocycles. The van der Waals surface area contributed by atoms with Gasteiger partial charge in [0, 0.05) is 11.6 Å². The van der Waals surface area contributed by atoms with Gasteiger partial charge in [-0.05, 0) is 35.3 Å². The third kappa shape index (κ3) is 2.59. The van der Waals surface area contributed by atoms with E-state index in [1.165, 1.54) is 0 Å². The van der Waals surface area contributed by atoms with E-state index in [-0.39, 0.29) is 11.8 Å². The molecule has 0 unspecified atom stereocenters. The lowest BCUT2D eigenvalue weighted by molar-refractivity contribution is 0.457. The lowest BCUT2D eigenvalue weighted by Crippen LogP contribution is -2.10. The predicted molar refractivity (Wildman–Crippen MR) is 62.2 cm³/mol. The Hall–Kier alpha value is -0.800. The molecule has 0 heterocycles. The number of nitrogens with two attached hydrogens (primary N) is 1. The van der Waals surface area contributed by atoms with E-state index in [1.54, 1.807) is 6.07 Å². The van der Waals surface area contributed by atoms with Crippen molar-refractivity contribution >= 4 is 15.9 Å². The van der Waals surface area contributed by atoms with E-state index in [1.807, 2.05) is 19.1 Å². The second-order valence-electron chi connectivity index (χ2n) is 3.45. The molecule has 14 heavy (non-hydrogen) atoms. The maximum atomic E-state index is 9.72. The van der Waals surface area contributed by atoms with Crippen LogP contribution in [-0.4, -0.2) is 5.11 Å². The van der Waals surface area contributed by atoms with Gasteiger partial charge in [0.2, 0.25) is 0 Å². The van der Waals surface area contributed by atoms with Crippen molar-refractivity contribution in [2.24, 2.45) is 5.73 Å². The van der Waals surface area contributed by atoms with Gasteiger partial charge in [0.25, 0.3) is 0 Å². The topological polar surface area (TPSA) is 46.2 Å². The Morgan fingerprint density at radius 3 is 2.86 bits per heavy atom. The lowest BCUT2D eigenvalue weighted by atomic mass is 10.0. The van der Waals surface area contributed by atoms with Crippen LogP contribution in [0, 0.1) is 0 Å². The molecule has 3 N–H and O–H groups in total. The van der Waals surface area contributed by atoms with Crippen LogP contribution in [0.1, 0.15) is 24.9 Å². The van der Waals surface area contributed by atoms with E-state index in [2.05, 4.69) is 22.5 Å². The number of phenolic OH excluding ortho intramolecular Hbond substituents is 1. The molecule has 1 aromatic carbocycles. The first-order valence-electron chi connectivity index (χ1n) is 4.39. The molecule has 3 heteroatoms. The summed E-state index contributed by atoms with van der Waals surface area (Å²) in [6.07, 6.45) is 0.685. The maximum absolute atomic E-state index is 9.72. The number of hydrogen-bond acceptors (Lipinski definition) is 2. The van der Waals surface area contributed by atoms with Crippen molar-refractivity contribution in [2.75, 3.05) is 0 Å². The average molecular weight is 256 g/mol. The Morgan fingerprint density at radius 2 is 2.29 bits per heavy atom. The third-order valence-corrected chi connectivity index (χ3v) is 2.63. The molecule has 1 rings (SSSR count). The maximum Gasteiger partial charge on any atom is 0.134 e. The lowest BCUT2D eigenvalue weighted by Gasteiger charge is -2.14. The van der Waals surface area contributed by atoms with E-state index in [0.29, 0.717) is 10.9 Å². The number of hydrogen-bond donors (Lipinski definition) is 2. The van der Waals surface area contributed by atoms with Crippen molar-refractivity contribution in [1.82, 2.24) is 0 Å². The second-order valence-corrected chi connectivity index (χ2v) is 4.30. The number of rotatable bonds is 3. The van der Waals surface area contributed by atoms with Crippen LogP contribution in [0.4, 0.5) is 0 Å². The van der Waals surface area contributed by atoms with E-state index >= 15 is 0 Å². The Balaban J connectivity index is 2.95. The highest BCUT2D eigenvalue weighted by atomic mass is 79.9. The zero-order valence-electron chi connectivity index (χ0n) is 8.13. The molecule has 0 radical (unpaired) electrons. The van der Waals surface area contributed by atoms with Crippen molar-refractivity contribution in [3.8, 4) is 5.75 Å². The standard InChI is InChI=1S/C11H14BrNO/c1-7(2)6-10(13)8-4-3-5-9(12)11(8)14/h3-5,10,14H,1,6,13H2,2H3/t10-/m0/s1. The number of para-hydroxylation sites is 1. The van der Waals surface area contributed by atoms with Gasteiger partial charge >= 0.3 is 0 Å². The minimum Gasteiger partial charge on any atom is -0.506 e. The fourth-order valence-electron chi connectivity index (χ4n) is 1.32. The summed E-state index contributed by atoms with van der Waals surface area (Å²) in [6.45, 7) is 5.72.